The van der Waals surface area contributed by atoms with Gasteiger partial charge in [-0.2, -0.15) is 11.8 Å². The molecule has 1 aromatic rings. The molecule has 0 spiro atoms. The Morgan fingerprint density at radius 2 is 2.00 bits per heavy atom. The van der Waals surface area contributed by atoms with Gasteiger partial charge in [0.1, 0.15) is 5.54 Å². The molecule has 1 aliphatic heterocycles. The predicted octanol–water partition coefficient (Wildman–Crippen LogP) is 1.74. The molecule has 2 N–H and O–H groups in total. The molecule has 0 aromatic carbocycles. The van der Waals surface area contributed by atoms with Crippen molar-refractivity contribution in [3.05, 3.63) is 27.1 Å². The van der Waals surface area contributed by atoms with Gasteiger partial charge in [-0.05, 0) is 30.4 Å². The van der Waals surface area contributed by atoms with Crippen molar-refractivity contribution in [3.63, 3.8) is 0 Å². The van der Waals surface area contributed by atoms with E-state index in [9.17, 15) is 24.8 Å². The average Bonchev–Trinajstić information content (AvgIpc) is 2.89. The van der Waals surface area contributed by atoms with Crippen LogP contribution in [0.2, 0.25) is 0 Å². The number of nitrogens with one attached hydrogen (secondary N) is 1. The Morgan fingerprint density at radius 3 is 2.50 bits per heavy atom. The maximum Gasteiger partial charge on any atom is 0.329 e. The van der Waals surface area contributed by atoms with Gasteiger partial charge >= 0.3 is 11.0 Å². The van der Waals surface area contributed by atoms with E-state index < -0.39 is 22.3 Å². The largest absolute Gasteiger partial charge is 0.480 e. The van der Waals surface area contributed by atoms with Crippen molar-refractivity contribution in [2.75, 3.05) is 11.5 Å². The van der Waals surface area contributed by atoms with Gasteiger partial charge in [-0.25, -0.2) is 4.79 Å². The molecule has 1 aromatic heterocycles. The summed E-state index contributed by atoms with van der Waals surface area (Å²) in [6, 6.07) is 2.58. The number of carboxylic acid groups (broad SMARTS) is 1. The number of rotatable bonds is 4. The van der Waals surface area contributed by atoms with Crippen LogP contribution in [0.15, 0.2) is 12.1 Å². The minimum Gasteiger partial charge on any atom is -0.480 e. The van der Waals surface area contributed by atoms with Crippen molar-refractivity contribution in [1.82, 2.24) is 5.32 Å². The summed E-state index contributed by atoms with van der Waals surface area (Å²) in [5.74, 6) is -0.302. The van der Waals surface area contributed by atoms with Crippen LogP contribution in [0.3, 0.4) is 0 Å². The smallest absolute Gasteiger partial charge is 0.329 e. The van der Waals surface area contributed by atoms with E-state index in [1.165, 1.54) is 12.1 Å². The average molecular weight is 316 g/mol. The lowest BCUT2D eigenvalue weighted by atomic mass is 9.92. The molecule has 1 amide bonds. The van der Waals surface area contributed by atoms with Gasteiger partial charge in [-0.3, -0.25) is 14.9 Å². The lowest BCUT2D eigenvalue weighted by Crippen LogP contribution is -2.56. The van der Waals surface area contributed by atoms with E-state index in [2.05, 4.69) is 5.32 Å². The lowest BCUT2D eigenvalue weighted by Gasteiger charge is -2.33. The van der Waals surface area contributed by atoms with Crippen LogP contribution in [0, 0.1) is 10.1 Å². The number of aliphatic carboxylic acids is 1. The van der Waals surface area contributed by atoms with Crippen LogP contribution >= 0.6 is 23.1 Å². The molecule has 1 fully saturated rings. The van der Waals surface area contributed by atoms with E-state index in [0.717, 1.165) is 11.3 Å². The number of hydrogen-bond donors (Lipinski definition) is 2. The summed E-state index contributed by atoms with van der Waals surface area (Å²) in [7, 11) is 0. The molecule has 20 heavy (non-hydrogen) atoms. The van der Waals surface area contributed by atoms with Crippen LogP contribution in [0.4, 0.5) is 5.00 Å². The zero-order valence-electron chi connectivity index (χ0n) is 10.3. The van der Waals surface area contributed by atoms with Crippen molar-refractivity contribution in [3.8, 4) is 0 Å². The second-order valence-electron chi connectivity index (χ2n) is 4.35. The Morgan fingerprint density at radius 1 is 1.35 bits per heavy atom. The Balaban J connectivity index is 2.15. The number of hydrogen-bond acceptors (Lipinski definition) is 6. The van der Waals surface area contributed by atoms with E-state index in [-0.39, 0.29) is 9.88 Å². The third-order valence-corrected chi connectivity index (χ3v) is 5.13. The van der Waals surface area contributed by atoms with Crippen molar-refractivity contribution >= 4 is 40.0 Å². The number of amides is 1. The van der Waals surface area contributed by atoms with Gasteiger partial charge in [0.2, 0.25) is 0 Å². The van der Waals surface area contributed by atoms with Gasteiger partial charge in [0.05, 0.1) is 9.80 Å². The fourth-order valence-corrected chi connectivity index (χ4v) is 3.84. The fourth-order valence-electron chi connectivity index (χ4n) is 1.94. The van der Waals surface area contributed by atoms with E-state index in [1.54, 1.807) is 11.8 Å². The second-order valence-corrected chi connectivity index (χ2v) is 6.64. The van der Waals surface area contributed by atoms with Crippen molar-refractivity contribution in [2.24, 2.45) is 0 Å². The molecule has 9 heteroatoms. The summed E-state index contributed by atoms with van der Waals surface area (Å²) in [6.07, 6.45) is 0.707. The zero-order chi connectivity index (χ0) is 14.8. The molecule has 1 aliphatic rings. The van der Waals surface area contributed by atoms with Gasteiger partial charge in [0, 0.05) is 6.07 Å². The second kappa shape index (κ2) is 5.80. The lowest BCUT2D eigenvalue weighted by molar-refractivity contribution is -0.380. The third kappa shape index (κ3) is 2.93. The maximum absolute atomic E-state index is 12.1. The number of thioether (sulfide) groups is 1. The first kappa shape index (κ1) is 14.8. The molecule has 0 saturated carbocycles. The van der Waals surface area contributed by atoms with Gasteiger partial charge in [-0.15, -0.1) is 0 Å². The van der Waals surface area contributed by atoms with Gasteiger partial charge in [0.15, 0.2) is 0 Å². The summed E-state index contributed by atoms with van der Waals surface area (Å²) >= 11 is 2.38. The Kier molecular flexibility index (Phi) is 4.29. The van der Waals surface area contributed by atoms with E-state index in [1.807, 2.05) is 0 Å². The molecule has 1 saturated heterocycles. The third-order valence-electron chi connectivity index (χ3n) is 3.10. The molecular formula is C11H12N2O5S2. The number of carbonyl (C=O) groups excluding carboxylic acids is 1. The highest BCUT2D eigenvalue weighted by Crippen LogP contribution is 2.29. The minimum absolute atomic E-state index is 0.140. The predicted molar refractivity (Wildman–Crippen MR) is 75.4 cm³/mol. The first-order valence-corrected chi connectivity index (χ1v) is 7.80. The monoisotopic (exact) mass is 316 g/mol. The normalized spacial score (nSPS) is 17.4. The molecule has 2 rings (SSSR count). The molecule has 0 radical (unpaired) electrons. The highest BCUT2D eigenvalue weighted by atomic mass is 32.2. The number of nitrogens with zero attached hydrogens (tertiary/aromatic N) is 1. The van der Waals surface area contributed by atoms with Crippen molar-refractivity contribution in [1.29, 1.82) is 0 Å². The molecule has 108 valence electrons. The molecule has 0 aliphatic carbocycles. The standard InChI is InChI=1S/C11H12N2O5S2/c14-9(7-1-2-8(20-7)13(17)18)12-11(10(15)16)3-5-19-6-4-11/h1-2H,3-6H2,(H,12,14)(H,15,16). The fraction of sp³-hybridized carbons (Fsp3) is 0.455. The van der Waals surface area contributed by atoms with Gasteiger partial charge in [0.25, 0.3) is 5.91 Å². The van der Waals surface area contributed by atoms with Crippen molar-refractivity contribution < 1.29 is 19.6 Å². The van der Waals surface area contributed by atoms with Crippen LogP contribution in [0.5, 0.6) is 0 Å². The molecule has 7 nitrogen and oxygen atoms in total. The van der Waals surface area contributed by atoms with Crippen LogP contribution in [0.1, 0.15) is 22.5 Å². The van der Waals surface area contributed by atoms with E-state index in [4.69, 9.17) is 0 Å². The van der Waals surface area contributed by atoms with Crippen LogP contribution < -0.4 is 5.32 Å². The van der Waals surface area contributed by atoms with E-state index >= 15 is 0 Å². The molecular weight excluding hydrogens is 304 g/mol. The van der Waals surface area contributed by atoms with Gasteiger partial charge in [-0.1, -0.05) is 11.3 Å². The summed E-state index contributed by atoms with van der Waals surface area (Å²) in [6.45, 7) is 0. The zero-order valence-corrected chi connectivity index (χ0v) is 12.0. The Hall–Kier alpha value is -1.61. The quantitative estimate of drug-likeness (QED) is 0.646. The highest BCUT2D eigenvalue weighted by Gasteiger charge is 2.41. The Labute approximate surface area is 122 Å². The number of carboxylic acids is 1. The van der Waals surface area contributed by atoms with Crippen LogP contribution in [-0.4, -0.2) is 39.0 Å². The molecule has 0 atom stereocenters. The molecule has 2 heterocycles. The van der Waals surface area contributed by atoms with Crippen LogP contribution in [0.25, 0.3) is 0 Å². The first-order valence-electron chi connectivity index (χ1n) is 5.82. The topological polar surface area (TPSA) is 110 Å². The maximum atomic E-state index is 12.1. The van der Waals surface area contributed by atoms with Crippen molar-refractivity contribution in [2.45, 2.75) is 18.4 Å². The minimum atomic E-state index is -1.26. The molecule has 0 unspecified atom stereocenters. The highest BCUT2D eigenvalue weighted by molar-refractivity contribution is 7.99. The number of nitro groups is 1. The summed E-state index contributed by atoms with van der Waals surface area (Å²) in [5.41, 5.74) is -1.26. The van der Waals surface area contributed by atoms with E-state index in [0.29, 0.717) is 24.3 Å². The van der Waals surface area contributed by atoms with Crippen LogP contribution in [-0.2, 0) is 4.79 Å². The number of thiophene rings is 1. The molecule has 0 bridgehead atoms. The summed E-state index contributed by atoms with van der Waals surface area (Å²) < 4.78 is 0. The van der Waals surface area contributed by atoms with Gasteiger partial charge < -0.3 is 10.4 Å². The SMILES string of the molecule is O=C(NC1(C(=O)O)CCSCC1)c1ccc([N+](=O)[O-])s1. The number of carbonyl (C=O) groups is 2. The first-order chi connectivity index (χ1) is 9.44. The summed E-state index contributed by atoms with van der Waals surface area (Å²) in [4.78, 5) is 33.6. The Bertz CT molecular complexity index is 551. The summed E-state index contributed by atoms with van der Waals surface area (Å²) in [5, 5.41) is 22.3.